The minimum Gasteiger partial charge on any atom is -0.466 e. The summed E-state index contributed by atoms with van der Waals surface area (Å²) in [4.78, 5) is 27.3. The van der Waals surface area contributed by atoms with E-state index in [1.165, 1.54) is 0 Å². The molecule has 2 aromatic rings. The quantitative estimate of drug-likeness (QED) is 0.681. The zero-order valence-electron chi connectivity index (χ0n) is 15.8. The molecule has 4 nitrogen and oxygen atoms in total. The average molecular weight is 365 g/mol. The van der Waals surface area contributed by atoms with Crippen LogP contribution in [0.3, 0.4) is 0 Å². The lowest BCUT2D eigenvalue weighted by molar-refractivity contribution is -0.144. The van der Waals surface area contributed by atoms with Crippen molar-refractivity contribution in [2.75, 3.05) is 6.61 Å². The topological polar surface area (TPSA) is 46.6 Å². The van der Waals surface area contributed by atoms with Gasteiger partial charge in [-0.3, -0.25) is 9.59 Å². The molecule has 1 aliphatic rings. The summed E-state index contributed by atoms with van der Waals surface area (Å²) in [6.07, 6.45) is 3.29. The highest BCUT2D eigenvalue weighted by atomic mass is 16.5. The summed E-state index contributed by atoms with van der Waals surface area (Å²) in [6, 6.07) is 19.5. The number of hydrogen-bond donors (Lipinski definition) is 0. The van der Waals surface area contributed by atoms with E-state index in [1.54, 1.807) is 0 Å². The van der Waals surface area contributed by atoms with Crippen molar-refractivity contribution in [2.45, 2.75) is 45.2 Å². The minimum atomic E-state index is -0.166. The predicted molar refractivity (Wildman–Crippen MR) is 105 cm³/mol. The van der Waals surface area contributed by atoms with Crippen LogP contribution in [-0.4, -0.2) is 29.4 Å². The normalized spacial score (nSPS) is 18.9. The highest BCUT2D eigenvalue weighted by molar-refractivity contribution is 5.94. The van der Waals surface area contributed by atoms with E-state index in [1.807, 2.05) is 72.5 Å². The molecule has 0 N–H and O–H groups in total. The molecule has 1 fully saturated rings. The first-order chi connectivity index (χ1) is 13.2. The first-order valence-electron chi connectivity index (χ1n) is 9.74. The van der Waals surface area contributed by atoms with E-state index >= 15 is 0 Å². The molecule has 1 amide bonds. The number of carbonyl (C=O) groups excluding carboxylic acids is 2. The van der Waals surface area contributed by atoms with Crippen molar-refractivity contribution < 1.29 is 14.3 Å². The molecule has 3 rings (SSSR count). The third-order valence-electron chi connectivity index (χ3n) is 5.23. The number of carbonyl (C=O) groups is 2. The van der Waals surface area contributed by atoms with Gasteiger partial charge in [-0.05, 0) is 43.4 Å². The van der Waals surface area contributed by atoms with Crippen LogP contribution in [0.2, 0.25) is 0 Å². The second-order valence-electron chi connectivity index (χ2n) is 7.05. The van der Waals surface area contributed by atoms with Crippen molar-refractivity contribution in [3.63, 3.8) is 0 Å². The van der Waals surface area contributed by atoms with Gasteiger partial charge in [0.05, 0.1) is 13.0 Å². The molecule has 4 heteroatoms. The fourth-order valence-electron chi connectivity index (χ4n) is 3.97. The molecule has 1 aliphatic carbocycles. The summed E-state index contributed by atoms with van der Waals surface area (Å²) in [5.74, 6) is 0.0156. The lowest BCUT2D eigenvalue weighted by atomic mass is 9.96. The Balaban J connectivity index is 1.84. The van der Waals surface area contributed by atoms with Gasteiger partial charge in [0.15, 0.2) is 0 Å². The molecule has 142 valence electrons. The van der Waals surface area contributed by atoms with E-state index in [2.05, 4.69) is 0 Å². The van der Waals surface area contributed by atoms with Crippen molar-refractivity contribution in [3.05, 3.63) is 71.8 Å². The standard InChI is InChI=1S/C23H27NO3/c1-2-27-22(25)16-20-14-9-15-21(20)24(17-18-10-5-3-6-11-18)23(26)19-12-7-4-8-13-19/h3-8,10-13,20-21H,2,9,14-17H2,1H3/t20-,21-/m0/s1. The van der Waals surface area contributed by atoms with Crippen LogP contribution in [0.15, 0.2) is 60.7 Å². The van der Waals surface area contributed by atoms with E-state index in [0.717, 1.165) is 24.8 Å². The number of benzene rings is 2. The van der Waals surface area contributed by atoms with Crippen molar-refractivity contribution in [1.82, 2.24) is 4.90 Å². The van der Waals surface area contributed by atoms with Crippen LogP contribution >= 0.6 is 0 Å². The molecule has 0 bridgehead atoms. The van der Waals surface area contributed by atoms with Crippen molar-refractivity contribution >= 4 is 11.9 Å². The maximum absolute atomic E-state index is 13.3. The van der Waals surface area contributed by atoms with Gasteiger partial charge < -0.3 is 9.64 Å². The molecule has 0 spiro atoms. The number of hydrogen-bond acceptors (Lipinski definition) is 3. The zero-order valence-corrected chi connectivity index (χ0v) is 15.8. The van der Waals surface area contributed by atoms with Gasteiger partial charge in [0.25, 0.3) is 5.91 Å². The molecule has 2 atom stereocenters. The number of esters is 1. The summed E-state index contributed by atoms with van der Waals surface area (Å²) in [6.45, 7) is 2.77. The Morgan fingerprint density at radius 2 is 1.67 bits per heavy atom. The summed E-state index contributed by atoms with van der Waals surface area (Å²) in [5, 5.41) is 0. The average Bonchev–Trinajstić information content (AvgIpc) is 3.15. The van der Waals surface area contributed by atoms with Gasteiger partial charge in [0.2, 0.25) is 0 Å². The Morgan fingerprint density at radius 3 is 2.33 bits per heavy atom. The second-order valence-corrected chi connectivity index (χ2v) is 7.05. The van der Waals surface area contributed by atoms with Gasteiger partial charge in [0.1, 0.15) is 0 Å². The van der Waals surface area contributed by atoms with Crippen LogP contribution in [0.5, 0.6) is 0 Å². The van der Waals surface area contributed by atoms with E-state index in [-0.39, 0.29) is 23.8 Å². The van der Waals surface area contributed by atoms with E-state index < -0.39 is 0 Å². The van der Waals surface area contributed by atoms with Crippen molar-refractivity contribution in [3.8, 4) is 0 Å². The molecule has 0 radical (unpaired) electrons. The van der Waals surface area contributed by atoms with Crippen molar-refractivity contribution in [1.29, 1.82) is 0 Å². The predicted octanol–water partition coefficient (Wildman–Crippen LogP) is 4.45. The Labute approximate surface area is 161 Å². The molecule has 0 heterocycles. The molecular formula is C23H27NO3. The number of amides is 1. The van der Waals surface area contributed by atoms with Gasteiger partial charge in [0, 0.05) is 18.2 Å². The Hall–Kier alpha value is -2.62. The first kappa shape index (κ1) is 19.2. The van der Waals surface area contributed by atoms with Crippen molar-refractivity contribution in [2.24, 2.45) is 5.92 Å². The Kier molecular flexibility index (Phi) is 6.64. The summed E-state index contributed by atoms with van der Waals surface area (Å²) >= 11 is 0. The number of rotatable bonds is 7. The van der Waals surface area contributed by atoms with Gasteiger partial charge in [-0.2, -0.15) is 0 Å². The van der Waals surface area contributed by atoms with Crippen LogP contribution in [0, 0.1) is 5.92 Å². The molecular weight excluding hydrogens is 338 g/mol. The van der Waals surface area contributed by atoms with Gasteiger partial charge >= 0.3 is 5.97 Å². The largest absolute Gasteiger partial charge is 0.466 e. The van der Waals surface area contributed by atoms with Gasteiger partial charge in [-0.15, -0.1) is 0 Å². The monoisotopic (exact) mass is 365 g/mol. The smallest absolute Gasteiger partial charge is 0.306 e. The van der Waals surface area contributed by atoms with E-state index in [9.17, 15) is 9.59 Å². The SMILES string of the molecule is CCOC(=O)C[C@@H]1CCC[C@@H]1N(Cc1ccccc1)C(=O)c1ccccc1. The molecule has 0 aromatic heterocycles. The maximum atomic E-state index is 13.3. The summed E-state index contributed by atoms with van der Waals surface area (Å²) < 4.78 is 5.15. The van der Waals surface area contributed by atoms with E-state index in [4.69, 9.17) is 4.74 Å². The summed E-state index contributed by atoms with van der Waals surface area (Å²) in [5.41, 5.74) is 1.79. The maximum Gasteiger partial charge on any atom is 0.306 e. The molecule has 1 saturated carbocycles. The van der Waals surface area contributed by atoms with Crippen LogP contribution in [0.25, 0.3) is 0 Å². The molecule has 2 aromatic carbocycles. The third kappa shape index (κ3) is 4.97. The highest BCUT2D eigenvalue weighted by Gasteiger charge is 2.36. The molecule has 0 unspecified atom stereocenters. The zero-order chi connectivity index (χ0) is 19.1. The minimum absolute atomic E-state index is 0.0280. The molecule has 0 aliphatic heterocycles. The van der Waals surface area contributed by atoms with E-state index in [0.29, 0.717) is 25.1 Å². The lowest BCUT2D eigenvalue weighted by Crippen LogP contribution is -2.42. The number of ether oxygens (including phenoxy) is 1. The van der Waals surface area contributed by atoms with Crippen LogP contribution in [0.1, 0.15) is 48.5 Å². The van der Waals surface area contributed by atoms with Crippen LogP contribution in [-0.2, 0) is 16.1 Å². The first-order valence-corrected chi connectivity index (χ1v) is 9.74. The Bertz CT molecular complexity index is 745. The van der Waals surface area contributed by atoms with Gasteiger partial charge in [-0.25, -0.2) is 0 Å². The van der Waals surface area contributed by atoms with Crippen LogP contribution in [0.4, 0.5) is 0 Å². The highest BCUT2D eigenvalue weighted by Crippen LogP contribution is 2.34. The lowest BCUT2D eigenvalue weighted by Gasteiger charge is -2.33. The second kappa shape index (κ2) is 9.36. The molecule has 27 heavy (non-hydrogen) atoms. The molecule has 0 saturated heterocycles. The van der Waals surface area contributed by atoms with Gasteiger partial charge in [-0.1, -0.05) is 55.0 Å². The van der Waals surface area contributed by atoms with Crippen LogP contribution < -0.4 is 0 Å². The third-order valence-corrected chi connectivity index (χ3v) is 5.23. The Morgan fingerprint density at radius 1 is 1.00 bits per heavy atom. The summed E-state index contributed by atoms with van der Waals surface area (Å²) in [7, 11) is 0. The fourth-order valence-corrected chi connectivity index (χ4v) is 3.97. The fraction of sp³-hybridized carbons (Fsp3) is 0.391. The number of nitrogens with zero attached hydrogens (tertiary/aromatic N) is 1.